The largest absolute Gasteiger partial charge is 0.478 e. The number of hydrogen-bond donors (Lipinski definition) is 1. The Kier molecular flexibility index (Phi) is 6.66. The van der Waals surface area contributed by atoms with Gasteiger partial charge < -0.3 is 19.5 Å². The van der Waals surface area contributed by atoms with E-state index in [0.29, 0.717) is 16.7 Å². The van der Waals surface area contributed by atoms with Crippen LogP contribution in [0, 0.1) is 5.82 Å². The van der Waals surface area contributed by atoms with E-state index in [4.69, 9.17) is 9.47 Å². The second-order valence-electron chi connectivity index (χ2n) is 7.05. The molecule has 1 aliphatic heterocycles. The molecule has 31 heavy (non-hydrogen) atoms. The third kappa shape index (κ3) is 4.88. The van der Waals surface area contributed by atoms with E-state index in [-0.39, 0.29) is 31.0 Å². The molecule has 0 fully saturated rings. The summed E-state index contributed by atoms with van der Waals surface area (Å²) in [5.74, 6) is -1.77. The standard InChI is InChI=1S/C22H21F4NO4/c1-13-17-7-6-15(22(24,25)26)11-18(17)27(12-14-4-3-5-16(23)10-14)20(19(13)21(28)29)31-9-8-30-2/h3-7,10-11,20H,8-9,12H2,1-2H3,(H,28,29). The zero-order valence-electron chi connectivity index (χ0n) is 16.9. The molecule has 1 unspecified atom stereocenters. The monoisotopic (exact) mass is 439 g/mol. The van der Waals surface area contributed by atoms with Crippen LogP contribution in [0.15, 0.2) is 48.0 Å². The van der Waals surface area contributed by atoms with Crippen LogP contribution in [0.25, 0.3) is 5.57 Å². The predicted molar refractivity (Wildman–Crippen MR) is 106 cm³/mol. The number of allylic oxidation sites excluding steroid dienone is 1. The highest BCUT2D eigenvalue weighted by molar-refractivity contribution is 6.01. The lowest BCUT2D eigenvalue weighted by molar-refractivity contribution is -0.138. The van der Waals surface area contributed by atoms with E-state index in [1.54, 1.807) is 6.07 Å². The van der Waals surface area contributed by atoms with E-state index in [9.17, 15) is 27.5 Å². The van der Waals surface area contributed by atoms with Crippen LogP contribution in [0.4, 0.5) is 23.2 Å². The van der Waals surface area contributed by atoms with Crippen molar-refractivity contribution in [2.75, 3.05) is 25.2 Å². The molecule has 5 nitrogen and oxygen atoms in total. The smallest absolute Gasteiger partial charge is 0.416 e. The number of carbonyl (C=O) groups is 1. The summed E-state index contributed by atoms with van der Waals surface area (Å²) < 4.78 is 64.6. The Balaban J connectivity index is 2.17. The summed E-state index contributed by atoms with van der Waals surface area (Å²) in [6, 6.07) is 8.69. The van der Waals surface area contributed by atoms with E-state index in [1.165, 1.54) is 43.2 Å². The maximum atomic E-state index is 13.7. The van der Waals surface area contributed by atoms with Gasteiger partial charge in [0, 0.05) is 24.9 Å². The molecular weight excluding hydrogens is 418 g/mol. The molecule has 1 heterocycles. The quantitative estimate of drug-likeness (QED) is 0.500. The van der Waals surface area contributed by atoms with Crippen molar-refractivity contribution in [2.24, 2.45) is 0 Å². The first-order valence-electron chi connectivity index (χ1n) is 9.40. The Morgan fingerprint density at radius 3 is 2.52 bits per heavy atom. The van der Waals surface area contributed by atoms with Gasteiger partial charge in [-0.25, -0.2) is 9.18 Å². The Bertz CT molecular complexity index is 1000. The van der Waals surface area contributed by atoms with E-state index < -0.39 is 29.8 Å². The number of aliphatic carboxylic acids is 1. The van der Waals surface area contributed by atoms with Crippen LogP contribution in [-0.4, -0.2) is 37.6 Å². The lowest BCUT2D eigenvalue weighted by atomic mass is 9.91. The third-order valence-electron chi connectivity index (χ3n) is 5.01. The van der Waals surface area contributed by atoms with Crippen LogP contribution >= 0.6 is 0 Å². The van der Waals surface area contributed by atoms with E-state index in [1.807, 2.05) is 0 Å². The second-order valence-corrected chi connectivity index (χ2v) is 7.05. The second kappa shape index (κ2) is 9.07. The SMILES string of the molecule is COCCOC1C(C(=O)O)=C(C)c2ccc(C(F)(F)F)cc2N1Cc1cccc(F)c1. The van der Waals surface area contributed by atoms with Gasteiger partial charge in [0.25, 0.3) is 0 Å². The highest BCUT2D eigenvalue weighted by Crippen LogP contribution is 2.42. The summed E-state index contributed by atoms with van der Waals surface area (Å²) in [6.45, 7) is 1.64. The number of anilines is 1. The molecule has 0 saturated carbocycles. The topological polar surface area (TPSA) is 59.0 Å². The van der Waals surface area contributed by atoms with Crippen LogP contribution in [0.2, 0.25) is 0 Å². The van der Waals surface area contributed by atoms with Crippen molar-refractivity contribution >= 4 is 17.2 Å². The molecular formula is C22H21F4NO4. The lowest BCUT2D eigenvalue weighted by Gasteiger charge is -2.40. The normalized spacial score (nSPS) is 16.5. The fourth-order valence-electron chi connectivity index (χ4n) is 3.56. The van der Waals surface area contributed by atoms with Gasteiger partial charge in [-0.15, -0.1) is 0 Å². The van der Waals surface area contributed by atoms with Gasteiger partial charge in [0.1, 0.15) is 5.82 Å². The van der Waals surface area contributed by atoms with Gasteiger partial charge in [0.2, 0.25) is 0 Å². The number of hydrogen-bond acceptors (Lipinski definition) is 4. The van der Waals surface area contributed by atoms with Crippen molar-refractivity contribution < 1.29 is 36.9 Å². The van der Waals surface area contributed by atoms with Crippen molar-refractivity contribution in [3.63, 3.8) is 0 Å². The minimum absolute atomic E-state index is 0.0131. The number of nitrogens with zero attached hydrogens (tertiary/aromatic N) is 1. The summed E-state index contributed by atoms with van der Waals surface area (Å²) in [7, 11) is 1.44. The van der Waals surface area contributed by atoms with Crippen molar-refractivity contribution in [1.82, 2.24) is 0 Å². The van der Waals surface area contributed by atoms with Gasteiger partial charge in [0.05, 0.1) is 24.4 Å². The molecule has 2 aromatic rings. The van der Waals surface area contributed by atoms with Crippen LogP contribution in [0.3, 0.4) is 0 Å². The molecule has 0 aromatic heterocycles. The van der Waals surface area contributed by atoms with Gasteiger partial charge in [-0.1, -0.05) is 18.2 Å². The Morgan fingerprint density at radius 1 is 1.16 bits per heavy atom. The van der Waals surface area contributed by atoms with Gasteiger partial charge in [-0.05, 0) is 42.3 Å². The molecule has 1 atom stereocenters. The van der Waals surface area contributed by atoms with Crippen LogP contribution in [-0.2, 0) is 27.0 Å². The molecule has 2 aromatic carbocycles. The maximum Gasteiger partial charge on any atom is 0.416 e. The molecule has 1 N–H and O–H groups in total. The van der Waals surface area contributed by atoms with Gasteiger partial charge in [0.15, 0.2) is 6.23 Å². The number of ether oxygens (including phenoxy) is 2. The molecule has 0 spiro atoms. The lowest BCUT2D eigenvalue weighted by Crippen LogP contribution is -2.44. The number of methoxy groups -OCH3 is 1. The summed E-state index contributed by atoms with van der Waals surface area (Å²) in [5, 5.41) is 9.84. The number of alkyl halides is 3. The van der Waals surface area contributed by atoms with Gasteiger partial charge in [-0.2, -0.15) is 13.2 Å². The van der Waals surface area contributed by atoms with Gasteiger partial charge >= 0.3 is 12.1 Å². The number of carboxylic acids is 1. The third-order valence-corrected chi connectivity index (χ3v) is 5.01. The highest BCUT2D eigenvalue weighted by Gasteiger charge is 2.38. The molecule has 0 radical (unpaired) electrons. The predicted octanol–water partition coefficient (Wildman–Crippen LogP) is 4.71. The van der Waals surface area contributed by atoms with Crippen molar-refractivity contribution in [3.8, 4) is 0 Å². The average molecular weight is 439 g/mol. The van der Waals surface area contributed by atoms with Crippen LogP contribution in [0.1, 0.15) is 23.6 Å². The molecule has 1 aliphatic rings. The highest BCUT2D eigenvalue weighted by atomic mass is 19.4. The fraction of sp³-hybridized carbons (Fsp3) is 0.318. The van der Waals surface area contributed by atoms with Crippen molar-refractivity contribution in [1.29, 1.82) is 0 Å². The molecule has 3 rings (SSSR count). The number of halogens is 4. The van der Waals surface area contributed by atoms with E-state index in [2.05, 4.69) is 0 Å². The molecule has 0 aliphatic carbocycles. The minimum Gasteiger partial charge on any atom is -0.478 e. The number of carboxylic acid groups (broad SMARTS) is 1. The Hall–Kier alpha value is -2.91. The zero-order chi connectivity index (χ0) is 22.8. The molecule has 0 amide bonds. The fourth-order valence-corrected chi connectivity index (χ4v) is 3.56. The molecule has 9 heteroatoms. The number of benzene rings is 2. The average Bonchev–Trinajstić information content (AvgIpc) is 2.69. The Morgan fingerprint density at radius 2 is 1.90 bits per heavy atom. The van der Waals surface area contributed by atoms with Crippen molar-refractivity contribution in [3.05, 3.63) is 70.5 Å². The maximum absolute atomic E-state index is 13.7. The molecule has 166 valence electrons. The summed E-state index contributed by atoms with van der Waals surface area (Å²) in [6.07, 6.45) is -5.77. The first-order valence-corrected chi connectivity index (χ1v) is 9.40. The van der Waals surface area contributed by atoms with Crippen molar-refractivity contribution in [2.45, 2.75) is 25.9 Å². The number of fused-ring (bicyclic) bond motifs is 1. The van der Waals surface area contributed by atoms with E-state index in [0.717, 1.165) is 12.1 Å². The summed E-state index contributed by atoms with van der Waals surface area (Å²) in [5.41, 5.74) is 0.275. The van der Waals surface area contributed by atoms with E-state index >= 15 is 0 Å². The number of rotatable bonds is 7. The van der Waals surface area contributed by atoms with Crippen LogP contribution < -0.4 is 4.90 Å². The van der Waals surface area contributed by atoms with Crippen LogP contribution in [0.5, 0.6) is 0 Å². The summed E-state index contributed by atoms with van der Waals surface area (Å²) >= 11 is 0. The first kappa shape index (κ1) is 22.8. The molecule has 0 saturated heterocycles. The zero-order valence-corrected chi connectivity index (χ0v) is 16.9. The first-order chi connectivity index (χ1) is 14.6. The minimum atomic E-state index is -4.59. The molecule has 0 bridgehead atoms. The summed E-state index contributed by atoms with van der Waals surface area (Å²) in [4.78, 5) is 13.5. The Labute approximate surface area is 176 Å². The van der Waals surface area contributed by atoms with Gasteiger partial charge in [-0.3, -0.25) is 0 Å².